The quantitative estimate of drug-likeness (QED) is 0.642. The predicted octanol–water partition coefficient (Wildman–Crippen LogP) is 2.16. The number of rotatable bonds is 7. The maximum atomic E-state index is 12.9. The van der Waals surface area contributed by atoms with Gasteiger partial charge >= 0.3 is 0 Å². The summed E-state index contributed by atoms with van der Waals surface area (Å²) in [4.78, 5) is 41.3. The van der Waals surface area contributed by atoms with Crippen LogP contribution < -0.4 is 14.8 Å². The second-order valence-corrected chi connectivity index (χ2v) is 8.06. The molecule has 174 valence electrons. The lowest BCUT2D eigenvalue weighted by Crippen LogP contribution is -2.50. The Morgan fingerprint density at radius 3 is 2.45 bits per heavy atom. The third kappa shape index (κ3) is 5.32. The van der Waals surface area contributed by atoms with Crippen LogP contribution in [0.2, 0.25) is 0 Å². The van der Waals surface area contributed by atoms with Crippen LogP contribution in [0.4, 0.5) is 5.69 Å². The predicted molar refractivity (Wildman–Crippen MR) is 121 cm³/mol. The van der Waals surface area contributed by atoms with Crippen LogP contribution in [0.5, 0.6) is 11.5 Å². The number of hydrogen-bond acceptors (Lipinski definition) is 7. The van der Waals surface area contributed by atoms with Crippen molar-refractivity contribution in [3.05, 3.63) is 53.1 Å². The number of methoxy groups -OCH3 is 1. The van der Waals surface area contributed by atoms with Crippen molar-refractivity contribution in [2.24, 2.45) is 0 Å². The van der Waals surface area contributed by atoms with Gasteiger partial charge in [0.15, 0.2) is 17.3 Å². The highest BCUT2D eigenvalue weighted by Gasteiger charge is 2.25. The molecule has 0 aliphatic carbocycles. The molecular formula is C24H27N3O6. The first-order chi connectivity index (χ1) is 15.9. The van der Waals surface area contributed by atoms with Gasteiger partial charge in [-0.3, -0.25) is 19.3 Å². The molecule has 0 bridgehead atoms. The molecule has 1 saturated heterocycles. The molecule has 2 aromatic carbocycles. The lowest BCUT2D eigenvalue weighted by Gasteiger charge is -2.34. The van der Waals surface area contributed by atoms with Crippen molar-refractivity contribution >= 4 is 23.3 Å². The summed E-state index contributed by atoms with van der Waals surface area (Å²) in [6.07, 6.45) is 0. The lowest BCUT2D eigenvalue weighted by atomic mass is 10.1. The summed E-state index contributed by atoms with van der Waals surface area (Å²) in [6.45, 7) is 4.37. The van der Waals surface area contributed by atoms with E-state index in [2.05, 4.69) is 5.32 Å². The molecule has 9 nitrogen and oxygen atoms in total. The molecule has 0 radical (unpaired) electrons. The molecule has 0 aromatic heterocycles. The monoisotopic (exact) mass is 453 g/mol. The summed E-state index contributed by atoms with van der Waals surface area (Å²) in [5.41, 5.74) is 2.36. The fourth-order valence-electron chi connectivity index (χ4n) is 3.98. The van der Waals surface area contributed by atoms with E-state index in [-0.39, 0.29) is 30.9 Å². The number of carbonyl (C=O) groups is 3. The molecular weight excluding hydrogens is 426 g/mol. The number of fused-ring (bicyclic) bond motifs is 1. The molecule has 2 aliphatic heterocycles. The number of ketones is 1. The average molecular weight is 453 g/mol. The van der Waals surface area contributed by atoms with Crippen molar-refractivity contribution in [1.29, 1.82) is 0 Å². The highest BCUT2D eigenvalue weighted by molar-refractivity contribution is 6.05. The minimum absolute atomic E-state index is 0.0245. The largest absolute Gasteiger partial charge is 0.454 e. The molecule has 1 N–H and O–H groups in total. The van der Waals surface area contributed by atoms with Crippen LogP contribution in [0.3, 0.4) is 0 Å². The van der Waals surface area contributed by atoms with E-state index >= 15 is 0 Å². The zero-order valence-electron chi connectivity index (χ0n) is 18.8. The van der Waals surface area contributed by atoms with E-state index in [0.717, 1.165) is 5.56 Å². The maximum Gasteiger partial charge on any atom is 0.253 e. The Bertz CT molecular complexity index is 1060. The molecule has 0 unspecified atom stereocenters. The van der Waals surface area contributed by atoms with Gasteiger partial charge in [-0.15, -0.1) is 0 Å². The standard InChI is InChI=1S/C24H27N3O6/c1-16(28)19-11-21-22(33-15-32-21)12-20(19)25-23(29)13-26-6-8-27(9-7-26)24(30)18-5-3-4-17(10-18)14-31-2/h3-5,10-12H,6-9,13-15H2,1-2H3,(H,25,29). The summed E-state index contributed by atoms with van der Waals surface area (Å²) < 4.78 is 15.8. The normalized spacial score (nSPS) is 15.4. The number of nitrogens with one attached hydrogen (secondary N) is 1. The Morgan fingerprint density at radius 1 is 1.03 bits per heavy atom. The van der Waals surface area contributed by atoms with Crippen LogP contribution in [-0.2, 0) is 16.1 Å². The molecule has 2 heterocycles. The van der Waals surface area contributed by atoms with Crippen molar-refractivity contribution in [2.75, 3.05) is 51.9 Å². The second kappa shape index (κ2) is 10.0. The summed E-state index contributed by atoms with van der Waals surface area (Å²) in [6, 6.07) is 10.6. The van der Waals surface area contributed by atoms with Gasteiger partial charge in [0.05, 0.1) is 18.8 Å². The number of ether oxygens (including phenoxy) is 3. The molecule has 2 aromatic rings. The first-order valence-electron chi connectivity index (χ1n) is 10.8. The van der Waals surface area contributed by atoms with E-state index in [4.69, 9.17) is 14.2 Å². The molecule has 0 saturated carbocycles. The minimum atomic E-state index is -0.233. The van der Waals surface area contributed by atoms with Gasteiger partial charge < -0.3 is 24.4 Å². The summed E-state index contributed by atoms with van der Waals surface area (Å²) in [5, 5.41) is 2.82. The number of anilines is 1. The van der Waals surface area contributed by atoms with E-state index in [1.165, 1.54) is 6.92 Å². The van der Waals surface area contributed by atoms with E-state index < -0.39 is 0 Å². The van der Waals surface area contributed by atoms with Crippen molar-refractivity contribution in [1.82, 2.24) is 9.80 Å². The fourth-order valence-corrected chi connectivity index (χ4v) is 3.98. The molecule has 2 aliphatic rings. The van der Waals surface area contributed by atoms with Crippen LogP contribution in [-0.4, -0.2) is 74.0 Å². The molecule has 4 rings (SSSR count). The van der Waals surface area contributed by atoms with Crippen molar-refractivity contribution in [3.63, 3.8) is 0 Å². The number of Topliss-reactive ketones (excluding diaryl/α,β-unsaturated/α-hetero) is 1. The Labute approximate surface area is 192 Å². The van der Waals surface area contributed by atoms with Gasteiger partial charge in [0, 0.05) is 50.5 Å². The summed E-state index contributed by atoms with van der Waals surface area (Å²) in [7, 11) is 1.62. The Hall–Kier alpha value is -3.43. The molecule has 2 amide bonds. The van der Waals surface area contributed by atoms with Gasteiger partial charge in [0.25, 0.3) is 5.91 Å². The third-order valence-corrected chi connectivity index (χ3v) is 5.68. The highest BCUT2D eigenvalue weighted by atomic mass is 16.7. The number of hydrogen-bond donors (Lipinski definition) is 1. The number of benzene rings is 2. The molecule has 9 heteroatoms. The Morgan fingerprint density at radius 2 is 1.76 bits per heavy atom. The van der Waals surface area contributed by atoms with Gasteiger partial charge in [0.1, 0.15) is 0 Å². The smallest absolute Gasteiger partial charge is 0.253 e. The van der Waals surface area contributed by atoms with Gasteiger partial charge in [-0.1, -0.05) is 12.1 Å². The van der Waals surface area contributed by atoms with E-state index in [9.17, 15) is 14.4 Å². The number of piperazine rings is 1. The van der Waals surface area contributed by atoms with Crippen LogP contribution in [0.1, 0.15) is 33.2 Å². The van der Waals surface area contributed by atoms with Crippen molar-refractivity contribution in [2.45, 2.75) is 13.5 Å². The summed E-state index contributed by atoms with van der Waals surface area (Å²) >= 11 is 0. The Balaban J connectivity index is 1.32. The summed E-state index contributed by atoms with van der Waals surface area (Å²) in [5.74, 6) is 0.556. The zero-order chi connectivity index (χ0) is 23.4. The molecule has 0 spiro atoms. The second-order valence-electron chi connectivity index (χ2n) is 8.06. The average Bonchev–Trinajstić information content (AvgIpc) is 3.26. The van der Waals surface area contributed by atoms with E-state index in [1.807, 2.05) is 23.1 Å². The van der Waals surface area contributed by atoms with Crippen molar-refractivity contribution in [3.8, 4) is 11.5 Å². The van der Waals surface area contributed by atoms with Gasteiger partial charge in [0.2, 0.25) is 12.7 Å². The van der Waals surface area contributed by atoms with Gasteiger partial charge in [-0.25, -0.2) is 0 Å². The minimum Gasteiger partial charge on any atom is -0.454 e. The fraction of sp³-hybridized carbons (Fsp3) is 0.375. The molecule has 33 heavy (non-hydrogen) atoms. The number of amides is 2. The molecule has 0 atom stereocenters. The lowest BCUT2D eigenvalue weighted by molar-refractivity contribution is -0.117. The van der Waals surface area contributed by atoms with E-state index in [0.29, 0.717) is 61.1 Å². The first-order valence-corrected chi connectivity index (χ1v) is 10.8. The Kier molecular flexibility index (Phi) is 6.90. The molecule has 1 fully saturated rings. The van der Waals surface area contributed by atoms with Crippen LogP contribution in [0.25, 0.3) is 0 Å². The van der Waals surface area contributed by atoms with Crippen LogP contribution in [0.15, 0.2) is 36.4 Å². The van der Waals surface area contributed by atoms with Crippen LogP contribution in [0, 0.1) is 0 Å². The van der Waals surface area contributed by atoms with Gasteiger partial charge in [-0.2, -0.15) is 0 Å². The van der Waals surface area contributed by atoms with E-state index in [1.54, 1.807) is 30.2 Å². The zero-order valence-corrected chi connectivity index (χ0v) is 18.8. The topological polar surface area (TPSA) is 97.4 Å². The number of carbonyl (C=O) groups excluding carboxylic acids is 3. The van der Waals surface area contributed by atoms with Gasteiger partial charge in [-0.05, 0) is 30.7 Å². The SMILES string of the molecule is COCc1cccc(C(=O)N2CCN(CC(=O)Nc3cc4c(cc3C(C)=O)OCO4)CC2)c1. The van der Waals surface area contributed by atoms with Crippen molar-refractivity contribution < 1.29 is 28.6 Å². The maximum absolute atomic E-state index is 12.9. The third-order valence-electron chi connectivity index (χ3n) is 5.68. The first kappa shape index (κ1) is 22.8. The number of nitrogens with zero attached hydrogens (tertiary/aromatic N) is 2. The van der Waals surface area contributed by atoms with Crippen LogP contribution >= 0.6 is 0 Å². The highest BCUT2D eigenvalue weighted by Crippen LogP contribution is 2.37.